The van der Waals surface area contributed by atoms with E-state index in [1.807, 2.05) is 6.08 Å². The van der Waals surface area contributed by atoms with Crippen molar-refractivity contribution in [3.05, 3.63) is 35.1 Å². The summed E-state index contributed by atoms with van der Waals surface area (Å²) in [5.41, 5.74) is 2.67. The molecule has 6 atom stereocenters. The van der Waals surface area contributed by atoms with Crippen molar-refractivity contribution < 1.29 is 14.6 Å². The van der Waals surface area contributed by atoms with Gasteiger partial charge in [0.05, 0.1) is 18.5 Å². The lowest BCUT2D eigenvalue weighted by molar-refractivity contribution is -0.114. The molecule has 1 N–H and O–H groups in total. The summed E-state index contributed by atoms with van der Waals surface area (Å²) in [6.45, 7) is 5.11. The molecule has 0 aromatic rings. The largest absolute Gasteiger partial charge is 0.497 e. The van der Waals surface area contributed by atoms with Crippen molar-refractivity contribution in [3.63, 3.8) is 0 Å². The smallest absolute Gasteiger partial charge is 0.178 e. The average Bonchev–Trinajstić information content (AvgIpc) is 3.05. The van der Waals surface area contributed by atoms with Crippen LogP contribution in [0.25, 0.3) is 0 Å². The predicted octanol–water partition coefficient (Wildman–Crippen LogP) is 3.55. The highest BCUT2D eigenvalue weighted by molar-refractivity contribution is 6.01. The summed E-state index contributed by atoms with van der Waals surface area (Å²) < 4.78 is 5.95. The lowest BCUT2D eigenvalue weighted by atomic mass is 9.47. The first-order chi connectivity index (χ1) is 11.5. The van der Waals surface area contributed by atoms with Gasteiger partial charge in [-0.3, -0.25) is 4.79 Å². The molecule has 0 radical (unpaired) electrons. The number of rotatable bonds is 0. The Kier molecular flexibility index (Phi) is 2.88. The summed E-state index contributed by atoms with van der Waals surface area (Å²) in [5, 5.41) is 11.2. The van der Waals surface area contributed by atoms with Crippen LogP contribution in [0.5, 0.6) is 0 Å². The molecule has 0 unspecified atom stereocenters. The number of allylic oxidation sites excluding steroid dienone is 5. The van der Waals surface area contributed by atoms with Crippen LogP contribution >= 0.6 is 0 Å². The molecule has 128 valence electrons. The molecule has 0 saturated heterocycles. The third-order valence-corrected chi connectivity index (χ3v) is 8.00. The third kappa shape index (κ3) is 1.64. The first-order valence-corrected chi connectivity index (χ1v) is 9.41. The molecule has 3 saturated carbocycles. The molecule has 24 heavy (non-hydrogen) atoms. The zero-order valence-corrected chi connectivity index (χ0v) is 14.5. The molecule has 3 fully saturated rings. The van der Waals surface area contributed by atoms with Crippen molar-refractivity contribution in [1.82, 2.24) is 0 Å². The fraction of sp³-hybridized carbons (Fsp3) is 0.667. The third-order valence-electron chi connectivity index (χ3n) is 8.00. The van der Waals surface area contributed by atoms with Crippen LogP contribution in [0.1, 0.15) is 46.0 Å². The highest BCUT2D eigenvalue weighted by Crippen LogP contribution is 2.67. The zero-order valence-electron chi connectivity index (χ0n) is 14.5. The first-order valence-electron chi connectivity index (χ1n) is 9.41. The van der Waals surface area contributed by atoms with Gasteiger partial charge in [-0.15, -0.1) is 0 Å². The molecule has 1 aliphatic heterocycles. The van der Waals surface area contributed by atoms with E-state index in [1.54, 1.807) is 6.08 Å². The maximum atomic E-state index is 11.8. The molecule has 4 aliphatic carbocycles. The standard InChI is InChI=1S/C21H26O3/c1-12-16-5-6-17-15-4-3-13-9-14(22)7-8-20(13,2)19(15)18(23)10-21(16,17)11-24-12/h7-9,15,17-19,23H,3-6,10-11H2,1-2H3/t15-,17-,18+,19+,20-,21-/m0/s1. The van der Waals surface area contributed by atoms with Gasteiger partial charge in [0.2, 0.25) is 0 Å². The summed E-state index contributed by atoms with van der Waals surface area (Å²) in [6.07, 6.45) is 10.6. The van der Waals surface area contributed by atoms with Gasteiger partial charge in [0, 0.05) is 16.7 Å². The number of fused-ring (bicyclic) bond motifs is 4. The number of hydrogen-bond acceptors (Lipinski definition) is 3. The van der Waals surface area contributed by atoms with Crippen LogP contribution in [0, 0.1) is 28.6 Å². The fourth-order valence-corrected chi connectivity index (χ4v) is 7.04. The van der Waals surface area contributed by atoms with Crippen molar-refractivity contribution >= 4 is 5.78 Å². The minimum atomic E-state index is -0.319. The van der Waals surface area contributed by atoms with Crippen LogP contribution in [0.4, 0.5) is 0 Å². The summed E-state index contributed by atoms with van der Waals surface area (Å²) in [6, 6.07) is 0. The number of carbonyl (C=O) groups excluding carboxylic acids is 1. The predicted molar refractivity (Wildman–Crippen MR) is 91.0 cm³/mol. The second-order valence-electron chi connectivity index (χ2n) is 8.81. The Bertz CT molecular complexity index is 715. The van der Waals surface area contributed by atoms with Gasteiger partial charge in [-0.2, -0.15) is 0 Å². The molecule has 5 rings (SSSR count). The SMILES string of the molecule is CC1=C2CC[C@H]3[C@@H]4CCC5=CC(=O)C=C[C@]5(C)[C@H]4[C@H](O)C[C@]23CO1. The maximum absolute atomic E-state index is 11.8. The number of aliphatic hydroxyl groups excluding tert-OH is 1. The van der Waals surface area contributed by atoms with E-state index in [2.05, 4.69) is 19.9 Å². The molecule has 0 amide bonds. The molecule has 0 aromatic carbocycles. The molecule has 0 aromatic heterocycles. The highest BCUT2D eigenvalue weighted by atomic mass is 16.5. The quantitative estimate of drug-likeness (QED) is 0.740. The lowest BCUT2D eigenvalue weighted by Crippen LogP contribution is -2.56. The molecule has 3 heteroatoms. The Morgan fingerprint density at radius 1 is 1.29 bits per heavy atom. The molecular weight excluding hydrogens is 300 g/mol. The molecule has 1 heterocycles. The van der Waals surface area contributed by atoms with E-state index < -0.39 is 0 Å². The van der Waals surface area contributed by atoms with Gasteiger partial charge in [-0.1, -0.05) is 18.6 Å². The Hall–Kier alpha value is -1.35. The van der Waals surface area contributed by atoms with Gasteiger partial charge < -0.3 is 9.84 Å². The second-order valence-corrected chi connectivity index (χ2v) is 8.81. The molecule has 3 nitrogen and oxygen atoms in total. The van der Waals surface area contributed by atoms with Gasteiger partial charge >= 0.3 is 0 Å². The van der Waals surface area contributed by atoms with Crippen LogP contribution in [0.15, 0.2) is 35.1 Å². The summed E-state index contributed by atoms with van der Waals surface area (Å²) >= 11 is 0. The Morgan fingerprint density at radius 2 is 2.12 bits per heavy atom. The van der Waals surface area contributed by atoms with Crippen molar-refractivity contribution in [1.29, 1.82) is 0 Å². The monoisotopic (exact) mass is 326 g/mol. The van der Waals surface area contributed by atoms with Crippen LogP contribution in [-0.2, 0) is 9.53 Å². The Balaban J connectivity index is 1.58. The van der Waals surface area contributed by atoms with Crippen molar-refractivity contribution in [2.24, 2.45) is 28.6 Å². The number of ketones is 1. The normalized spacial score (nSPS) is 49.1. The van der Waals surface area contributed by atoms with E-state index in [9.17, 15) is 9.90 Å². The van der Waals surface area contributed by atoms with E-state index in [0.29, 0.717) is 11.8 Å². The first kappa shape index (κ1) is 14.9. The number of ether oxygens (including phenoxy) is 1. The van der Waals surface area contributed by atoms with E-state index in [1.165, 1.54) is 17.6 Å². The van der Waals surface area contributed by atoms with Crippen LogP contribution in [-0.4, -0.2) is 23.6 Å². The van der Waals surface area contributed by atoms with E-state index in [0.717, 1.165) is 38.0 Å². The molecule has 0 bridgehead atoms. The summed E-state index contributed by atoms with van der Waals surface area (Å²) in [4.78, 5) is 11.8. The minimum Gasteiger partial charge on any atom is -0.497 e. The van der Waals surface area contributed by atoms with Crippen LogP contribution < -0.4 is 0 Å². The molecule has 1 spiro atoms. The Morgan fingerprint density at radius 3 is 2.96 bits per heavy atom. The van der Waals surface area contributed by atoms with Crippen molar-refractivity contribution in [2.75, 3.05) is 6.61 Å². The summed E-state index contributed by atoms with van der Waals surface area (Å²) in [5.74, 6) is 2.61. The Labute approximate surface area is 143 Å². The number of aliphatic hydroxyl groups is 1. The molecular formula is C21H26O3. The minimum absolute atomic E-state index is 0.0937. The maximum Gasteiger partial charge on any atom is 0.178 e. The highest BCUT2D eigenvalue weighted by Gasteiger charge is 2.63. The van der Waals surface area contributed by atoms with E-state index in [4.69, 9.17) is 4.74 Å². The lowest BCUT2D eigenvalue weighted by Gasteiger charge is -2.57. The van der Waals surface area contributed by atoms with Gasteiger partial charge in [-0.25, -0.2) is 0 Å². The molecule has 5 aliphatic rings. The van der Waals surface area contributed by atoms with Crippen LogP contribution in [0.2, 0.25) is 0 Å². The van der Waals surface area contributed by atoms with Gasteiger partial charge in [0.15, 0.2) is 5.78 Å². The van der Waals surface area contributed by atoms with Gasteiger partial charge in [-0.05, 0) is 68.6 Å². The number of hydrogen-bond donors (Lipinski definition) is 1. The van der Waals surface area contributed by atoms with Crippen molar-refractivity contribution in [2.45, 2.75) is 52.1 Å². The van der Waals surface area contributed by atoms with E-state index >= 15 is 0 Å². The second kappa shape index (κ2) is 4.63. The zero-order chi connectivity index (χ0) is 16.7. The van der Waals surface area contributed by atoms with Gasteiger partial charge in [0.1, 0.15) is 0 Å². The average molecular weight is 326 g/mol. The topological polar surface area (TPSA) is 46.5 Å². The van der Waals surface area contributed by atoms with E-state index in [-0.39, 0.29) is 28.6 Å². The number of carbonyl (C=O) groups is 1. The van der Waals surface area contributed by atoms with Crippen LogP contribution in [0.3, 0.4) is 0 Å². The van der Waals surface area contributed by atoms with Gasteiger partial charge in [0.25, 0.3) is 0 Å². The fourth-order valence-electron chi connectivity index (χ4n) is 7.04. The summed E-state index contributed by atoms with van der Waals surface area (Å²) in [7, 11) is 0. The van der Waals surface area contributed by atoms with Crippen molar-refractivity contribution in [3.8, 4) is 0 Å².